The minimum atomic E-state index is 0.842. The molecular formula is C19H18BrN3S8. The van der Waals surface area contributed by atoms with Gasteiger partial charge in [-0.15, -0.1) is 52.1 Å². The van der Waals surface area contributed by atoms with E-state index in [1.807, 2.05) is 117 Å². The van der Waals surface area contributed by atoms with E-state index in [2.05, 4.69) is 57.1 Å². The summed E-state index contributed by atoms with van der Waals surface area (Å²) in [6, 6.07) is 8.18. The zero-order valence-electron chi connectivity index (χ0n) is 16.8. The van der Waals surface area contributed by atoms with Gasteiger partial charge in [0.2, 0.25) is 0 Å². The van der Waals surface area contributed by atoms with E-state index < -0.39 is 0 Å². The molecule has 0 saturated carbocycles. The maximum Gasteiger partial charge on any atom is 0.113 e. The molecule has 1 aromatic carbocycles. The number of aryl methyl sites for hydroxylation is 1. The molecule has 4 rings (SSSR count). The van der Waals surface area contributed by atoms with Gasteiger partial charge < -0.3 is 0 Å². The van der Waals surface area contributed by atoms with E-state index in [0.29, 0.717) is 0 Å². The summed E-state index contributed by atoms with van der Waals surface area (Å²) in [4.78, 5) is 0. The number of rotatable bonds is 8. The van der Waals surface area contributed by atoms with Gasteiger partial charge in [-0.1, -0.05) is 80.3 Å². The molecule has 0 unspecified atom stereocenters. The Morgan fingerprint density at radius 1 is 0.839 bits per heavy atom. The van der Waals surface area contributed by atoms with Crippen LogP contribution in [0.1, 0.15) is 0 Å². The number of hydrogen-bond acceptors (Lipinski definition) is 10. The SMILES string of the molecule is CSC1=C(SC)SC(=C2SC(SC)=C(SCCn3cc(-c4ccc(Br)cc4)nn3)S2)S1. The van der Waals surface area contributed by atoms with Crippen LogP contribution in [-0.4, -0.2) is 39.5 Å². The molecule has 0 fully saturated rings. The first-order valence-corrected chi connectivity index (χ1v) is 17.7. The molecule has 0 atom stereocenters. The predicted octanol–water partition coefficient (Wildman–Crippen LogP) is 8.87. The molecule has 0 radical (unpaired) electrons. The Labute approximate surface area is 225 Å². The third kappa shape index (κ3) is 6.30. The molecule has 3 heterocycles. The van der Waals surface area contributed by atoms with Crippen molar-refractivity contribution in [3.63, 3.8) is 0 Å². The molecule has 12 heteroatoms. The van der Waals surface area contributed by atoms with E-state index in [-0.39, 0.29) is 0 Å². The molecule has 164 valence electrons. The predicted molar refractivity (Wildman–Crippen MR) is 158 cm³/mol. The Hall–Kier alpha value is 0.860. The van der Waals surface area contributed by atoms with E-state index in [4.69, 9.17) is 0 Å². The molecule has 0 aliphatic carbocycles. The van der Waals surface area contributed by atoms with Crippen LogP contribution < -0.4 is 0 Å². The van der Waals surface area contributed by atoms with Gasteiger partial charge in [0.1, 0.15) is 5.69 Å². The van der Waals surface area contributed by atoms with Gasteiger partial charge in [-0.2, -0.15) is 0 Å². The number of nitrogens with zero attached hydrogens (tertiary/aromatic N) is 3. The number of hydrogen-bond donors (Lipinski definition) is 0. The highest BCUT2D eigenvalue weighted by molar-refractivity contribution is 9.10. The van der Waals surface area contributed by atoms with Gasteiger partial charge in [0.25, 0.3) is 0 Å². The highest BCUT2D eigenvalue weighted by atomic mass is 79.9. The van der Waals surface area contributed by atoms with Crippen LogP contribution >= 0.6 is 110 Å². The number of aromatic nitrogens is 3. The molecule has 0 saturated heterocycles. The van der Waals surface area contributed by atoms with Crippen molar-refractivity contribution in [3.8, 4) is 11.3 Å². The molecule has 0 spiro atoms. The first-order valence-electron chi connectivity index (χ1n) is 8.96. The normalized spacial score (nSPS) is 16.9. The Morgan fingerprint density at radius 3 is 1.97 bits per heavy atom. The smallest absolute Gasteiger partial charge is 0.113 e. The minimum Gasteiger partial charge on any atom is -0.251 e. The Bertz CT molecular complexity index is 1030. The van der Waals surface area contributed by atoms with Crippen LogP contribution in [0.15, 0.2) is 60.4 Å². The molecule has 2 aliphatic heterocycles. The van der Waals surface area contributed by atoms with E-state index in [1.165, 1.54) is 25.4 Å². The quantitative estimate of drug-likeness (QED) is 0.284. The minimum absolute atomic E-state index is 0.842. The summed E-state index contributed by atoms with van der Waals surface area (Å²) in [5.74, 6) is 0.976. The average molecular weight is 625 g/mol. The second-order valence-corrected chi connectivity index (χ2v) is 16.1. The Morgan fingerprint density at radius 2 is 1.39 bits per heavy atom. The van der Waals surface area contributed by atoms with Gasteiger partial charge >= 0.3 is 0 Å². The lowest BCUT2D eigenvalue weighted by atomic mass is 10.2. The molecule has 2 aliphatic rings. The standard InChI is InChI=1S/C19H18BrN3S8/c1-24-14-15(25-2)29-18(28-14)19-30-16(26-3)17(31-19)27-9-8-23-10-13(21-22-23)11-4-6-12(20)7-5-11/h4-7,10H,8-9H2,1-3H3. The van der Waals surface area contributed by atoms with Crippen LogP contribution in [0.2, 0.25) is 0 Å². The largest absolute Gasteiger partial charge is 0.251 e. The highest BCUT2D eigenvalue weighted by Gasteiger charge is 2.29. The van der Waals surface area contributed by atoms with Crippen molar-refractivity contribution in [2.75, 3.05) is 24.5 Å². The van der Waals surface area contributed by atoms with Crippen molar-refractivity contribution < 1.29 is 0 Å². The summed E-state index contributed by atoms with van der Waals surface area (Å²) in [6.45, 7) is 0.842. The van der Waals surface area contributed by atoms with Crippen LogP contribution in [0.5, 0.6) is 0 Å². The Balaban J connectivity index is 1.35. The van der Waals surface area contributed by atoms with Crippen molar-refractivity contribution >= 4 is 110 Å². The third-order valence-electron chi connectivity index (χ3n) is 4.03. The van der Waals surface area contributed by atoms with Gasteiger partial charge in [0, 0.05) is 15.8 Å². The summed E-state index contributed by atoms with van der Waals surface area (Å²) in [5.41, 5.74) is 2.00. The first-order chi connectivity index (χ1) is 15.1. The second kappa shape index (κ2) is 12.0. The average Bonchev–Trinajstić information content (AvgIpc) is 3.52. The van der Waals surface area contributed by atoms with Gasteiger partial charge in [-0.3, -0.25) is 4.68 Å². The Kier molecular flexibility index (Phi) is 9.68. The molecule has 0 amide bonds. The lowest BCUT2D eigenvalue weighted by molar-refractivity contribution is 0.633. The summed E-state index contributed by atoms with van der Waals surface area (Å²) < 4.78 is 11.6. The second-order valence-electron chi connectivity index (χ2n) is 5.97. The van der Waals surface area contributed by atoms with Crippen molar-refractivity contribution in [1.29, 1.82) is 0 Å². The fourth-order valence-electron chi connectivity index (χ4n) is 2.57. The summed E-state index contributed by atoms with van der Waals surface area (Å²) in [5, 5.41) is 8.65. The van der Waals surface area contributed by atoms with E-state index in [0.717, 1.165) is 28.0 Å². The van der Waals surface area contributed by atoms with Crippen LogP contribution in [0.4, 0.5) is 0 Å². The van der Waals surface area contributed by atoms with E-state index in [9.17, 15) is 0 Å². The van der Waals surface area contributed by atoms with Crippen LogP contribution in [0.3, 0.4) is 0 Å². The fourth-order valence-corrected chi connectivity index (χ4v) is 13.6. The van der Waals surface area contributed by atoms with E-state index >= 15 is 0 Å². The zero-order chi connectivity index (χ0) is 21.8. The van der Waals surface area contributed by atoms with Gasteiger partial charge in [-0.25, -0.2) is 0 Å². The van der Waals surface area contributed by atoms with Crippen molar-refractivity contribution in [2.45, 2.75) is 6.54 Å². The summed E-state index contributed by atoms with van der Waals surface area (Å²) >= 11 is 18.7. The van der Waals surface area contributed by atoms with Crippen molar-refractivity contribution in [2.24, 2.45) is 0 Å². The lowest BCUT2D eigenvalue weighted by Gasteiger charge is -2.03. The van der Waals surface area contributed by atoms with Gasteiger partial charge in [0.05, 0.1) is 38.2 Å². The number of thioether (sulfide) groups is 8. The topological polar surface area (TPSA) is 30.7 Å². The van der Waals surface area contributed by atoms with Crippen LogP contribution in [0.25, 0.3) is 11.3 Å². The first kappa shape index (κ1) is 25.0. The maximum atomic E-state index is 4.33. The number of benzene rings is 1. The van der Waals surface area contributed by atoms with Gasteiger partial charge in [0.15, 0.2) is 0 Å². The molecule has 3 nitrogen and oxygen atoms in total. The highest BCUT2D eigenvalue weighted by Crippen LogP contribution is 2.65. The number of halogens is 1. The lowest BCUT2D eigenvalue weighted by Crippen LogP contribution is -2.00. The van der Waals surface area contributed by atoms with Gasteiger partial charge in [-0.05, 0) is 30.9 Å². The van der Waals surface area contributed by atoms with Crippen LogP contribution in [-0.2, 0) is 6.54 Å². The maximum absolute atomic E-state index is 4.33. The molecule has 0 bridgehead atoms. The zero-order valence-corrected chi connectivity index (χ0v) is 24.9. The molecular weight excluding hydrogens is 607 g/mol. The monoisotopic (exact) mass is 623 g/mol. The fraction of sp³-hybridized carbons (Fsp3) is 0.263. The molecule has 2 aromatic rings. The van der Waals surface area contributed by atoms with Crippen molar-refractivity contribution in [3.05, 3.63) is 60.4 Å². The molecule has 31 heavy (non-hydrogen) atoms. The molecule has 1 aromatic heterocycles. The third-order valence-corrected chi connectivity index (χ3v) is 15.7. The molecule has 0 N–H and O–H groups in total. The summed E-state index contributed by atoms with van der Waals surface area (Å²) in [6.07, 6.45) is 8.54. The van der Waals surface area contributed by atoms with Crippen LogP contribution in [0, 0.1) is 0 Å². The van der Waals surface area contributed by atoms with E-state index in [1.54, 1.807) is 0 Å². The summed E-state index contributed by atoms with van der Waals surface area (Å²) in [7, 11) is 0. The van der Waals surface area contributed by atoms with Crippen molar-refractivity contribution in [1.82, 2.24) is 15.0 Å².